The Bertz CT molecular complexity index is 516. The van der Waals surface area contributed by atoms with Crippen LogP contribution in [-0.2, 0) is 9.84 Å². The van der Waals surface area contributed by atoms with Gasteiger partial charge in [-0.25, -0.2) is 8.42 Å². The van der Waals surface area contributed by atoms with Gasteiger partial charge in [0.15, 0.2) is 9.84 Å². The minimum atomic E-state index is -3.26. The first-order chi connectivity index (χ1) is 7.43. The average molecular weight is 239 g/mol. The highest BCUT2D eigenvalue weighted by atomic mass is 32.2. The molecule has 0 atom stereocenters. The Morgan fingerprint density at radius 2 is 1.94 bits per heavy atom. The van der Waals surface area contributed by atoms with Gasteiger partial charge in [0.25, 0.3) is 0 Å². The molecular weight excluding hydrogens is 222 g/mol. The van der Waals surface area contributed by atoms with Gasteiger partial charge in [-0.3, -0.25) is 0 Å². The summed E-state index contributed by atoms with van der Waals surface area (Å²) in [5.41, 5.74) is 7.38. The van der Waals surface area contributed by atoms with Crippen LogP contribution in [-0.4, -0.2) is 19.7 Å². The lowest BCUT2D eigenvalue weighted by molar-refractivity contribution is 0.576. The minimum Gasteiger partial charge on any atom is -0.329 e. The largest absolute Gasteiger partial charge is 0.329 e. The van der Waals surface area contributed by atoms with Crippen molar-refractivity contribution < 1.29 is 8.42 Å². The van der Waals surface area contributed by atoms with Crippen LogP contribution in [0, 0.1) is 13.8 Å². The predicted molar refractivity (Wildman–Crippen MR) is 64.1 cm³/mol. The lowest BCUT2D eigenvalue weighted by Gasteiger charge is -2.16. The van der Waals surface area contributed by atoms with Gasteiger partial charge >= 0.3 is 0 Å². The molecule has 1 aliphatic rings. The van der Waals surface area contributed by atoms with E-state index in [-0.39, 0.29) is 6.54 Å². The van der Waals surface area contributed by atoms with Crippen LogP contribution in [0.3, 0.4) is 0 Å². The van der Waals surface area contributed by atoms with Crippen molar-refractivity contribution in [3.63, 3.8) is 0 Å². The number of hydrogen-bond donors (Lipinski definition) is 1. The van der Waals surface area contributed by atoms with E-state index in [1.165, 1.54) is 0 Å². The van der Waals surface area contributed by atoms with E-state index in [4.69, 9.17) is 5.73 Å². The van der Waals surface area contributed by atoms with Crippen molar-refractivity contribution in [2.75, 3.05) is 6.54 Å². The van der Waals surface area contributed by atoms with Gasteiger partial charge < -0.3 is 5.73 Å². The van der Waals surface area contributed by atoms with E-state index >= 15 is 0 Å². The lowest BCUT2D eigenvalue weighted by Crippen LogP contribution is -2.32. The van der Waals surface area contributed by atoms with E-state index in [0.29, 0.717) is 17.7 Å². The smallest absolute Gasteiger partial charge is 0.185 e. The van der Waals surface area contributed by atoms with E-state index in [9.17, 15) is 8.42 Å². The monoisotopic (exact) mass is 239 g/mol. The van der Waals surface area contributed by atoms with E-state index in [2.05, 4.69) is 0 Å². The van der Waals surface area contributed by atoms with Crippen LogP contribution >= 0.6 is 0 Å². The fraction of sp³-hybridized carbons (Fsp3) is 0.500. The molecule has 1 aliphatic carbocycles. The molecule has 1 aromatic carbocycles. The second-order valence-electron chi connectivity index (χ2n) is 4.66. The van der Waals surface area contributed by atoms with Gasteiger partial charge in [0.2, 0.25) is 0 Å². The Morgan fingerprint density at radius 3 is 2.44 bits per heavy atom. The number of rotatable bonds is 3. The summed E-state index contributed by atoms with van der Waals surface area (Å²) in [6, 6.07) is 5.53. The summed E-state index contributed by atoms with van der Waals surface area (Å²) < 4.78 is 24.2. The zero-order valence-electron chi connectivity index (χ0n) is 9.66. The third-order valence-corrected chi connectivity index (χ3v) is 6.12. The molecule has 0 spiro atoms. The topological polar surface area (TPSA) is 60.2 Å². The summed E-state index contributed by atoms with van der Waals surface area (Å²) in [6.07, 6.45) is 1.39. The van der Waals surface area contributed by atoms with Crippen molar-refractivity contribution in [2.45, 2.75) is 36.3 Å². The molecule has 2 N–H and O–H groups in total. The highest BCUT2D eigenvalue weighted by molar-refractivity contribution is 7.93. The zero-order valence-corrected chi connectivity index (χ0v) is 10.5. The summed E-state index contributed by atoms with van der Waals surface area (Å²) in [6.45, 7) is 3.96. The van der Waals surface area contributed by atoms with Crippen LogP contribution < -0.4 is 5.73 Å². The molecule has 16 heavy (non-hydrogen) atoms. The Hall–Kier alpha value is -0.870. The number of hydrogen-bond acceptors (Lipinski definition) is 3. The van der Waals surface area contributed by atoms with Crippen molar-refractivity contribution in [1.29, 1.82) is 0 Å². The Morgan fingerprint density at radius 1 is 1.31 bits per heavy atom. The van der Waals surface area contributed by atoms with Crippen LogP contribution in [0.25, 0.3) is 0 Å². The molecule has 1 aromatic rings. The molecular formula is C12H17NO2S. The second kappa shape index (κ2) is 3.57. The highest BCUT2D eigenvalue weighted by Crippen LogP contribution is 2.46. The molecule has 0 heterocycles. The zero-order chi connectivity index (χ0) is 12.0. The third-order valence-electron chi connectivity index (χ3n) is 3.38. The number of benzene rings is 1. The molecule has 2 rings (SSSR count). The van der Waals surface area contributed by atoms with Crippen molar-refractivity contribution in [1.82, 2.24) is 0 Å². The normalized spacial score (nSPS) is 18.4. The highest BCUT2D eigenvalue weighted by Gasteiger charge is 2.54. The van der Waals surface area contributed by atoms with Gasteiger partial charge in [-0.05, 0) is 43.9 Å². The molecule has 0 saturated heterocycles. The maximum Gasteiger partial charge on any atom is 0.185 e. The molecule has 1 saturated carbocycles. The van der Waals surface area contributed by atoms with Crippen LogP contribution in [0.4, 0.5) is 0 Å². The summed E-state index contributed by atoms with van der Waals surface area (Å²) in [7, 11) is -3.26. The summed E-state index contributed by atoms with van der Waals surface area (Å²) in [4.78, 5) is 0.454. The van der Waals surface area contributed by atoms with Crippen LogP contribution in [0.2, 0.25) is 0 Å². The van der Waals surface area contributed by atoms with Gasteiger partial charge in [-0.1, -0.05) is 12.1 Å². The average Bonchev–Trinajstić information content (AvgIpc) is 3.02. The van der Waals surface area contributed by atoms with Gasteiger partial charge in [0.05, 0.1) is 9.64 Å². The Labute approximate surface area is 96.6 Å². The standard InChI is InChI=1S/C12H17NO2S/c1-9-3-4-10(2)11(7-9)16(14,15)12(8-13)5-6-12/h3-4,7H,5-6,8,13H2,1-2H3. The quantitative estimate of drug-likeness (QED) is 0.871. The first-order valence-electron chi connectivity index (χ1n) is 5.45. The summed E-state index contributed by atoms with van der Waals surface area (Å²) in [5.74, 6) is 0. The summed E-state index contributed by atoms with van der Waals surface area (Å²) in [5, 5.41) is 0. The van der Waals surface area contributed by atoms with E-state index in [1.54, 1.807) is 6.07 Å². The number of nitrogens with two attached hydrogens (primary N) is 1. The Kier molecular flexibility index (Phi) is 2.59. The molecule has 1 fully saturated rings. The fourth-order valence-corrected chi connectivity index (χ4v) is 4.11. The fourth-order valence-electron chi connectivity index (χ4n) is 1.95. The SMILES string of the molecule is Cc1ccc(C)c(S(=O)(=O)C2(CN)CC2)c1. The molecule has 0 aliphatic heterocycles. The van der Waals surface area contributed by atoms with Crippen molar-refractivity contribution in [3.8, 4) is 0 Å². The van der Waals surface area contributed by atoms with Crippen LogP contribution in [0.5, 0.6) is 0 Å². The molecule has 0 amide bonds. The van der Waals surface area contributed by atoms with Crippen molar-refractivity contribution >= 4 is 9.84 Å². The molecule has 0 aromatic heterocycles. The van der Waals surface area contributed by atoms with Gasteiger partial charge in [0.1, 0.15) is 0 Å². The predicted octanol–water partition coefficient (Wildman–Crippen LogP) is 1.57. The Balaban J connectivity index is 2.56. The molecule has 4 heteroatoms. The van der Waals surface area contributed by atoms with Crippen molar-refractivity contribution in [2.24, 2.45) is 5.73 Å². The number of sulfone groups is 1. The molecule has 0 radical (unpaired) electrons. The van der Waals surface area contributed by atoms with Crippen molar-refractivity contribution in [3.05, 3.63) is 29.3 Å². The minimum absolute atomic E-state index is 0.225. The second-order valence-corrected chi connectivity index (χ2v) is 6.97. The molecule has 0 bridgehead atoms. The lowest BCUT2D eigenvalue weighted by atomic mass is 10.2. The molecule has 88 valence electrons. The number of aryl methyl sites for hydroxylation is 2. The van der Waals surface area contributed by atoms with Crippen LogP contribution in [0.1, 0.15) is 24.0 Å². The van der Waals surface area contributed by atoms with Gasteiger partial charge in [0, 0.05) is 6.54 Å². The first-order valence-corrected chi connectivity index (χ1v) is 6.93. The van der Waals surface area contributed by atoms with E-state index in [0.717, 1.165) is 11.1 Å². The summed E-state index contributed by atoms with van der Waals surface area (Å²) >= 11 is 0. The third kappa shape index (κ3) is 1.57. The maximum absolute atomic E-state index is 12.4. The van der Waals surface area contributed by atoms with Gasteiger partial charge in [-0.2, -0.15) is 0 Å². The molecule has 0 unspecified atom stereocenters. The van der Waals surface area contributed by atoms with E-state index < -0.39 is 14.6 Å². The van der Waals surface area contributed by atoms with Crippen LogP contribution in [0.15, 0.2) is 23.1 Å². The first kappa shape index (κ1) is 11.6. The van der Waals surface area contributed by atoms with Gasteiger partial charge in [-0.15, -0.1) is 0 Å². The van der Waals surface area contributed by atoms with E-state index in [1.807, 2.05) is 26.0 Å². The maximum atomic E-state index is 12.4. The molecule has 3 nitrogen and oxygen atoms in total.